The lowest BCUT2D eigenvalue weighted by Crippen LogP contribution is -2.37. The number of fused-ring (bicyclic) bond motifs is 2. The van der Waals surface area contributed by atoms with Crippen molar-refractivity contribution in [2.45, 2.75) is 24.7 Å². The van der Waals surface area contributed by atoms with Crippen LogP contribution >= 0.6 is 0 Å². The molecule has 1 amide bonds. The number of hydrogen-bond acceptors (Lipinski definition) is 3. The Bertz CT molecular complexity index is 849. The van der Waals surface area contributed by atoms with Gasteiger partial charge in [-0.05, 0) is 41.8 Å². The molecule has 2 aromatic carbocycles. The first kappa shape index (κ1) is 16.9. The van der Waals surface area contributed by atoms with Crippen molar-refractivity contribution in [1.29, 1.82) is 0 Å². The number of alkyl halides is 3. The van der Waals surface area contributed by atoms with Crippen LogP contribution < -0.4 is 10.5 Å². The predicted octanol–water partition coefficient (Wildman–Crippen LogP) is 3.31. The number of nitrogens with two attached hydrogens (primary N) is 1. The van der Waals surface area contributed by atoms with E-state index in [0.717, 1.165) is 12.1 Å². The van der Waals surface area contributed by atoms with Gasteiger partial charge in [-0.15, -0.1) is 0 Å². The lowest BCUT2D eigenvalue weighted by atomic mass is 10.0. The molecule has 0 saturated carbocycles. The van der Waals surface area contributed by atoms with E-state index >= 15 is 0 Å². The van der Waals surface area contributed by atoms with E-state index < -0.39 is 11.7 Å². The average Bonchev–Trinajstić information content (AvgIpc) is 2.94. The Kier molecular flexibility index (Phi) is 3.91. The molecule has 2 heterocycles. The van der Waals surface area contributed by atoms with Crippen LogP contribution in [0.4, 0.5) is 13.2 Å². The number of amides is 1. The minimum Gasteiger partial charge on any atom is -0.491 e. The Labute approximate surface area is 148 Å². The summed E-state index contributed by atoms with van der Waals surface area (Å²) in [6.45, 7) is 0.878. The third kappa shape index (κ3) is 2.92. The molecule has 0 bridgehead atoms. The fraction of sp³-hybridized carbons (Fsp3) is 0.316. The normalized spacial score (nSPS) is 22.5. The highest BCUT2D eigenvalue weighted by Gasteiger charge is 2.38. The molecule has 136 valence electrons. The van der Waals surface area contributed by atoms with Crippen molar-refractivity contribution < 1.29 is 22.7 Å². The van der Waals surface area contributed by atoms with Crippen molar-refractivity contribution in [3.8, 4) is 16.9 Å². The van der Waals surface area contributed by atoms with Gasteiger partial charge in [0.25, 0.3) is 5.91 Å². The fourth-order valence-electron chi connectivity index (χ4n) is 3.55. The van der Waals surface area contributed by atoms with Gasteiger partial charge in [-0.2, -0.15) is 13.2 Å². The third-order valence-electron chi connectivity index (χ3n) is 4.89. The smallest absolute Gasteiger partial charge is 0.416 e. The summed E-state index contributed by atoms with van der Waals surface area (Å²) in [5.74, 6) is 0.345. The molecule has 0 spiro atoms. The lowest BCUT2D eigenvalue weighted by Gasteiger charge is -2.20. The number of nitrogens with zero attached hydrogens (tertiary/aromatic N) is 1. The van der Waals surface area contributed by atoms with Gasteiger partial charge in [0.15, 0.2) is 0 Å². The molecule has 2 N–H and O–H groups in total. The van der Waals surface area contributed by atoms with E-state index in [-0.39, 0.29) is 18.0 Å². The topological polar surface area (TPSA) is 55.6 Å². The molecular formula is C19H17F3N2O2. The molecule has 1 saturated heterocycles. The Balaban J connectivity index is 1.68. The van der Waals surface area contributed by atoms with Gasteiger partial charge in [-0.1, -0.05) is 18.2 Å². The van der Waals surface area contributed by atoms with Crippen LogP contribution in [0.1, 0.15) is 22.3 Å². The maximum Gasteiger partial charge on any atom is 0.416 e. The van der Waals surface area contributed by atoms with E-state index in [4.69, 9.17) is 10.5 Å². The van der Waals surface area contributed by atoms with Gasteiger partial charge in [-0.3, -0.25) is 4.79 Å². The zero-order chi connectivity index (χ0) is 18.5. The summed E-state index contributed by atoms with van der Waals surface area (Å²) in [7, 11) is 0. The second-order valence-electron chi connectivity index (χ2n) is 6.70. The van der Waals surface area contributed by atoms with Crippen LogP contribution in [0.3, 0.4) is 0 Å². The second-order valence-corrected chi connectivity index (χ2v) is 6.70. The van der Waals surface area contributed by atoms with E-state index in [2.05, 4.69) is 0 Å². The summed E-state index contributed by atoms with van der Waals surface area (Å²) in [5.41, 5.74) is 6.94. The number of benzene rings is 2. The molecule has 4 nitrogen and oxygen atoms in total. The molecule has 0 aliphatic carbocycles. The van der Waals surface area contributed by atoms with E-state index in [1.165, 1.54) is 12.1 Å². The summed E-state index contributed by atoms with van der Waals surface area (Å²) >= 11 is 0. The van der Waals surface area contributed by atoms with E-state index in [9.17, 15) is 18.0 Å². The molecule has 1 unspecified atom stereocenters. The number of halogens is 3. The Morgan fingerprint density at radius 3 is 2.46 bits per heavy atom. The Hall–Kier alpha value is -2.54. The first-order valence-electron chi connectivity index (χ1n) is 8.34. The van der Waals surface area contributed by atoms with Crippen LogP contribution in [0.5, 0.6) is 5.75 Å². The summed E-state index contributed by atoms with van der Waals surface area (Å²) in [6, 6.07) is 9.89. The van der Waals surface area contributed by atoms with Crippen molar-refractivity contribution in [2.24, 2.45) is 5.73 Å². The molecular weight excluding hydrogens is 345 g/mol. The fourth-order valence-corrected chi connectivity index (χ4v) is 3.55. The van der Waals surface area contributed by atoms with E-state index in [1.54, 1.807) is 23.1 Å². The van der Waals surface area contributed by atoms with Gasteiger partial charge in [0, 0.05) is 12.6 Å². The molecule has 2 atom stereocenters. The van der Waals surface area contributed by atoms with E-state index in [0.29, 0.717) is 42.0 Å². The molecule has 4 rings (SSSR count). The zero-order valence-electron chi connectivity index (χ0n) is 13.8. The summed E-state index contributed by atoms with van der Waals surface area (Å²) < 4.78 is 43.9. The number of rotatable bonds is 1. The summed E-state index contributed by atoms with van der Waals surface area (Å²) in [5, 5.41) is 0. The first-order chi connectivity index (χ1) is 12.3. The number of carbonyl (C=O) groups is 1. The van der Waals surface area contributed by atoms with Crippen LogP contribution in [0.2, 0.25) is 0 Å². The minimum atomic E-state index is -4.38. The third-order valence-corrected chi connectivity index (χ3v) is 4.89. The molecule has 2 aromatic rings. The van der Waals surface area contributed by atoms with Gasteiger partial charge in [0.05, 0.1) is 17.2 Å². The van der Waals surface area contributed by atoms with Crippen LogP contribution in [0, 0.1) is 0 Å². The molecule has 2 aliphatic heterocycles. The molecule has 7 heteroatoms. The summed E-state index contributed by atoms with van der Waals surface area (Å²) in [6.07, 6.45) is -3.68. The standard InChI is InChI=1S/C19H17F3N2O2/c20-19(21,22)13-4-1-11(2-5-13)12-3-6-17-16(7-12)18(25)24-9-14(23)8-15(24)10-26-17/h1-7,14-15H,8-10,23H2/t14-,15?/m1/s1. The highest BCUT2D eigenvalue weighted by atomic mass is 19.4. The predicted molar refractivity (Wildman–Crippen MR) is 89.8 cm³/mol. The average molecular weight is 362 g/mol. The van der Waals surface area contributed by atoms with Crippen molar-refractivity contribution >= 4 is 5.91 Å². The Morgan fingerprint density at radius 1 is 1.08 bits per heavy atom. The largest absolute Gasteiger partial charge is 0.491 e. The van der Waals surface area contributed by atoms with Crippen LogP contribution in [0.15, 0.2) is 42.5 Å². The van der Waals surface area contributed by atoms with Gasteiger partial charge >= 0.3 is 6.18 Å². The SMILES string of the molecule is N[C@@H]1CC2COc3ccc(-c4ccc(C(F)(F)F)cc4)cc3C(=O)N2C1. The van der Waals surface area contributed by atoms with Gasteiger partial charge in [-0.25, -0.2) is 0 Å². The van der Waals surface area contributed by atoms with Crippen LogP contribution in [0.25, 0.3) is 11.1 Å². The monoisotopic (exact) mass is 362 g/mol. The molecule has 0 aromatic heterocycles. The number of carbonyl (C=O) groups excluding carboxylic acids is 1. The van der Waals surface area contributed by atoms with E-state index in [1.807, 2.05) is 0 Å². The summed E-state index contributed by atoms with van der Waals surface area (Å²) in [4.78, 5) is 14.6. The van der Waals surface area contributed by atoms with Gasteiger partial charge < -0.3 is 15.4 Å². The second kappa shape index (κ2) is 6.02. The quantitative estimate of drug-likeness (QED) is 0.847. The first-order valence-corrected chi connectivity index (χ1v) is 8.34. The maximum absolute atomic E-state index is 12.9. The highest BCUT2D eigenvalue weighted by molar-refractivity contribution is 5.99. The van der Waals surface area contributed by atoms with Gasteiger partial charge in [0.2, 0.25) is 0 Å². The van der Waals surface area contributed by atoms with Crippen LogP contribution in [-0.4, -0.2) is 36.0 Å². The van der Waals surface area contributed by atoms with Crippen molar-refractivity contribution in [1.82, 2.24) is 4.90 Å². The number of hydrogen-bond donors (Lipinski definition) is 1. The lowest BCUT2D eigenvalue weighted by molar-refractivity contribution is -0.137. The molecule has 26 heavy (non-hydrogen) atoms. The van der Waals surface area contributed by atoms with Crippen molar-refractivity contribution in [3.05, 3.63) is 53.6 Å². The molecule has 1 fully saturated rings. The number of ether oxygens (including phenoxy) is 1. The van der Waals surface area contributed by atoms with Gasteiger partial charge in [0.1, 0.15) is 12.4 Å². The molecule has 2 aliphatic rings. The zero-order valence-corrected chi connectivity index (χ0v) is 13.8. The van der Waals surface area contributed by atoms with Crippen molar-refractivity contribution in [3.63, 3.8) is 0 Å². The molecule has 0 radical (unpaired) electrons. The van der Waals surface area contributed by atoms with Crippen LogP contribution in [-0.2, 0) is 6.18 Å². The highest BCUT2D eigenvalue weighted by Crippen LogP contribution is 2.34. The minimum absolute atomic E-state index is 0.0422. The van der Waals surface area contributed by atoms with Crippen molar-refractivity contribution in [2.75, 3.05) is 13.2 Å². The Morgan fingerprint density at radius 2 is 1.77 bits per heavy atom. The maximum atomic E-state index is 12.9.